The maximum absolute atomic E-state index is 13.9. The van der Waals surface area contributed by atoms with Crippen LogP contribution in [0.2, 0.25) is 0 Å². The summed E-state index contributed by atoms with van der Waals surface area (Å²) in [6.07, 6.45) is 0.886. The lowest BCUT2D eigenvalue weighted by Crippen LogP contribution is -2.35. The van der Waals surface area contributed by atoms with Crippen molar-refractivity contribution in [2.24, 2.45) is 0 Å². The summed E-state index contributed by atoms with van der Waals surface area (Å²) in [7, 11) is 0. The fraction of sp³-hybridized carbons (Fsp3) is 0.600. The molecular formula is C15H23F2NS. The van der Waals surface area contributed by atoms with Gasteiger partial charge in [-0.25, -0.2) is 8.78 Å². The molecule has 1 rings (SSSR count). The molecule has 0 aromatic heterocycles. The summed E-state index contributed by atoms with van der Waals surface area (Å²) in [5.74, 6) is -0.924. The highest BCUT2D eigenvalue weighted by molar-refractivity contribution is 8.00. The molecule has 0 saturated carbocycles. The van der Waals surface area contributed by atoms with E-state index in [2.05, 4.69) is 5.32 Å². The Morgan fingerprint density at radius 3 is 2.16 bits per heavy atom. The number of hydrogen-bond acceptors (Lipinski definition) is 2. The van der Waals surface area contributed by atoms with E-state index in [0.717, 1.165) is 6.42 Å². The van der Waals surface area contributed by atoms with Gasteiger partial charge >= 0.3 is 0 Å². The lowest BCUT2D eigenvalue weighted by molar-refractivity contribution is 0.422. The summed E-state index contributed by atoms with van der Waals surface area (Å²) in [6, 6.07) is 2.85. The summed E-state index contributed by atoms with van der Waals surface area (Å²) in [5.41, 5.74) is 0.565. The first-order chi connectivity index (χ1) is 8.73. The molecule has 4 heteroatoms. The molecule has 1 aromatic carbocycles. The molecule has 1 unspecified atom stereocenters. The first-order valence-electron chi connectivity index (χ1n) is 6.62. The molecule has 0 aliphatic carbocycles. The molecule has 0 saturated heterocycles. The van der Waals surface area contributed by atoms with Gasteiger partial charge in [-0.2, -0.15) is 0 Å². The Morgan fingerprint density at radius 2 is 1.74 bits per heavy atom. The van der Waals surface area contributed by atoms with Crippen molar-refractivity contribution >= 4 is 11.8 Å². The molecule has 19 heavy (non-hydrogen) atoms. The quantitative estimate of drug-likeness (QED) is 0.785. The summed E-state index contributed by atoms with van der Waals surface area (Å²) >= 11 is 1.26. The topological polar surface area (TPSA) is 12.0 Å². The zero-order valence-corrected chi connectivity index (χ0v) is 13.1. The van der Waals surface area contributed by atoms with Gasteiger partial charge in [0.05, 0.1) is 4.90 Å². The molecule has 0 aliphatic rings. The van der Waals surface area contributed by atoms with Crippen LogP contribution in [0.5, 0.6) is 0 Å². The molecular weight excluding hydrogens is 264 g/mol. The standard InChI is InChI=1S/C15H23F2NS/c1-6-10(2)19-14-12(16)7-11(8-13(14)17)9-18-15(3,4)5/h7-8,10,18H,6,9H2,1-5H3. The highest BCUT2D eigenvalue weighted by Gasteiger charge is 2.15. The second kappa shape index (κ2) is 6.71. The molecule has 0 fully saturated rings. The van der Waals surface area contributed by atoms with Crippen molar-refractivity contribution in [3.05, 3.63) is 29.3 Å². The van der Waals surface area contributed by atoms with E-state index in [9.17, 15) is 8.78 Å². The fourth-order valence-corrected chi connectivity index (χ4v) is 2.39. The number of nitrogens with one attached hydrogen (secondary N) is 1. The van der Waals surface area contributed by atoms with E-state index in [1.54, 1.807) is 0 Å². The van der Waals surface area contributed by atoms with Crippen LogP contribution in [0.4, 0.5) is 8.78 Å². The third kappa shape index (κ3) is 5.49. The van der Waals surface area contributed by atoms with Crippen LogP contribution in [-0.4, -0.2) is 10.8 Å². The molecule has 1 N–H and O–H groups in total. The Hall–Kier alpha value is -0.610. The van der Waals surface area contributed by atoms with E-state index >= 15 is 0 Å². The summed E-state index contributed by atoms with van der Waals surface area (Å²) in [5, 5.41) is 3.43. The minimum Gasteiger partial charge on any atom is -0.308 e. The van der Waals surface area contributed by atoms with E-state index in [1.807, 2.05) is 34.6 Å². The Balaban J connectivity index is 2.84. The van der Waals surface area contributed by atoms with Gasteiger partial charge in [-0.1, -0.05) is 13.8 Å². The molecule has 0 heterocycles. The van der Waals surface area contributed by atoms with Gasteiger partial charge in [0, 0.05) is 17.3 Å². The van der Waals surface area contributed by atoms with Gasteiger partial charge in [-0.3, -0.25) is 0 Å². The largest absolute Gasteiger partial charge is 0.308 e. The molecule has 1 atom stereocenters. The van der Waals surface area contributed by atoms with E-state index in [0.29, 0.717) is 12.1 Å². The van der Waals surface area contributed by atoms with Crippen molar-refractivity contribution < 1.29 is 8.78 Å². The third-order valence-electron chi connectivity index (χ3n) is 2.77. The summed E-state index contributed by atoms with van der Waals surface area (Å²) < 4.78 is 27.9. The maximum atomic E-state index is 13.9. The Labute approximate surface area is 119 Å². The van der Waals surface area contributed by atoms with Crippen LogP contribution in [0.3, 0.4) is 0 Å². The van der Waals surface area contributed by atoms with E-state index in [1.165, 1.54) is 23.9 Å². The molecule has 108 valence electrons. The number of thioether (sulfide) groups is 1. The van der Waals surface area contributed by atoms with E-state index < -0.39 is 11.6 Å². The van der Waals surface area contributed by atoms with Crippen LogP contribution < -0.4 is 5.32 Å². The van der Waals surface area contributed by atoms with Crippen molar-refractivity contribution in [2.45, 2.75) is 63.3 Å². The second-order valence-corrected chi connectivity index (χ2v) is 7.28. The average molecular weight is 287 g/mol. The van der Waals surface area contributed by atoms with Crippen molar-refractivity contribution in [2.75, 3.05) is 0 Å². The van der Waals surface area contributed by atoms with Gasteiger partial charge < -0.3 is 5.32 Å². The van der Waals surface area contributed by atoms with E-state index in [4.69, 9.17) is 0 Å². The molecule has 0 bridgehead atoms. The van der Waals surface area contributed by atoms with Gasteiger partial charge in [-0.15, -0.1) is 11.8 Å². The monoisotopic (exact) mass is 287 g/mol. The van der Waals surface area contributed by atoms with Crippen molar-refractivity contribution in [3.63, 3.8) is 0 Å². The summed E-state index contributed by atoms with van der Waals surface area (Å²) in [6.45, 7) is 10.5. The zero-order chi connectivity index (χ0) is 14.6. The second-order valence-electron chi connectivity index (χ2n) is 5.83. The van der Waals surface area contributed by atoms with Gasteiger partial charge in [0.15, 0.2) is 0 Å². The molecule has 1 nitrogen and oxygen atoms in total. The molecule has 0 spiro atoms. The Bertz CT molecular complexity index is 404. The van der Waals surface area contributed by atoms with Crippen LogP contribution in [0.25, 0.3) is 0 Å². The van der Waals surface area contributed by atoms with Crippen LogP contribution in [-0.2, 0) is 6.54 Å². The number of benzene rings is 1. The SMILES string of the molecule is CCC(C)Sc1c(F)cc(CNC(C)(C)C)cc1F. The third-order valence-corrected chi connectivity index (χ3v) is 4.14. The zero-order valence-electron chi connectivity index (χ0n) is 12.3. The predicted octanol–water partition coefficient (Wildman–Crippen LogP) is 4.74. The highest BCUT2D eigenvalue weighted by atomic mass is 32.2. The minimum absolute atomic E-state index is 0.0723. The Kier molecular flexibility index (Phi) is 5.81. The number of rotatable bonds is 5. The lowest BCUT2D eigenvalue weighted by Gasteiger charge is -2.21. The van der Waals surface area contributed by atoms with Gasteiger partial charge in [0.1, 0.15) is 11.6 Å². The normalized spacial score (nSPS) is 13.6. The van der Waals surface area contributed by atoms with Crippen LogP contribution >= 0.6 is 11.8 Å². The molecule has 0 amide bonds. The molecule has 0 aliphatic heterocycles. The van der Waals surface area contributed by atoms with E-state index in [-0.39, 0.29) is 15.7 Å². The predicted molar refractivity (Wildman–Crippen MR) is 78.6 cm³/mol. The summed E-state index contributed by atoms with van der Waals surface area (Å²) in [4.78, 5) is 0.133. The first-order valence-corrected chi connectivity index (χ1v) is 7.50. The van der Waals surface area contributed by atoms with Gasteiger partial charge in [-0.05, 0) is 44.9 Å². The van der Waals surface area contributed by atoms with Crippen LogP contribution in [0.1, 0.15) is 46.6 Å². The number of hydrogen-bond donors (Lipinski definition) is 1. The van der Waals surface area contributed by atoms with Crippen molar-refractivity contribution in [1.82, 2.24) is 5.32 Å². The lowest BCUT2D eigenvalue weighted by atomic mass is 10.1. The Morgan fingerprint density at radius 1 is 1.21 bits per heavy atom. The van der Waals surface area contributed by atoms with Crippen molar-refractivity contribution in [3.8, 4) is 0 Å². The maximum Gasteiger partial charge on any atom is 0.140 e. The smallest absolute Gasteiger partial charge is 0.140 e. The first kappa shape index (κ1) is 16.4. The van der Waals surface area contributed by atoms with Crippen molar-refractivity contribution in [1.29, 1.82) is 0 Å². The average Bonchev–Trinajstić information content (AvgIpc) is 2.30. The minimum atomic E-state index is -0.462. The highest BCUT2D eigenvalue weighted by Crippen LogP contribution is 2.31. The molecule has 0 radical (unpaired) electrons. The van der Waals surface area contributed by atoms with Gasteiger partial charge in [0.25, 0.3) is 0 Å². The van der Waals surface area contributed by atoms with Crippen LogP contribution in [0, 0.1) is 11.6 Å². The fourth-order valence-electron chi connectivity index (χ4n) is 1.48. The molecule has 1 aromatic rings. The number of halogens is 2. The van der Waals surface area contributed by atoms with Crippen LogP contribution in [0.15, 0.2) is 17.0 Å². The van der Waals surface area contributed by atoms with Gasteiger partial charge in [0.2, 0.25) is 0 Å².